The Labute approximate surface area is 185 Å². The SMILES string of the molecule is C[C@@H]1CN(Cc2cccc(-c3ccnc(NCCc4cc(F)cc(P)c4)n3)c2)CCN1. The minimum Gasteiger partial charge on any atom is -0.354 e. The third kappa shape index (κ3) is 6.30. The highest BCUT2D eigenvalue weighted by Gasteiger charge is 2.15. The van der Waals surface area contributed by atoms with Gasteiger partial charge in [0, 0.05) is 50.5 Å². The van der Waals surface area contributed by atoms with Crippen molar-refractivity contribution in [1.29, 1.82) is 0 Å². The molecule has 1 saturated heterocycles. The first-order valence-corrected chi connectivity index (χ1v) is 11.3. The Kier molecular flexibility index (Phi) is 7.23. The number of nitrogens with zero attached hydrogens (tertiary/aromatic N) is 3. The molecule has 2 atom stereocenters. The highest BCUT2D eigenvalue weighted by molar-refractivity contribution is 7.27. The van der Waals surface area contributed by atoms with Crippen LogP contribution in [0.25, 0.3) is 11.3 Å². The highest BCUT2D eigenvalue weighted by atomic mass is 31.0. The number of nitrogens with one attached hydrogen (secondary N) is 2. The quantitative estimate of drug-likeness (QED) is 0.556. The fourth-order valence-electron chi connectivity index (χ4n) is 3.99. The van der Waals surface area contributed by atoms with E-state index in [-0.39, 0.29) is 5.82 Å². The van der Waals surface area contributed by atoms with Crippen molar-refractivity contribution in [3.05, 3.63) is 71.7 Å². The van der Waals surface area contributed by atoms with E-state index in [1.165, 1.54) is 11.6 Å². The van der Waals surface area contributed by atoms with Gasteiger partial charge in [0.05, 0.1) is 5.69 Å². The summed E-state index contributed by atoms with van der Waals surface area (Å²) in [5, 5.41) is 7.60. The molecule has 5 nitrogen and oxygen atoms in total. The van der Waals surface area contributed by atoms with Crippen molar-refractivity contribution in [3.63, 3.8) is 0 Å². The van der Waals surface area contributed by atoms with Crippen LogP contribution in [0.3, 0.4) is 0 Å². The van der Waals surface area contributed by atoms with Gasteiger partial charge in [-0.15, -0.1) is 9.24 Å². The number of hydrogen-bond donors (Lipinski definition) is 2. The molecule has 7 heteroatoms. The topological polar surface area (TPSA) is 53.1 Å². The van der Waals surface area contributed by atoms with E-state index in [1.807, 2.05) is 12.1 Å². The molecule has 0 bridgehead atoms. The molecule has 0 amide bonds. The summed E-state index contributed by atoms with van der Waals surface area (Å²) in [6, 6.07) is 16.1. The van der Waals surface area contributed by atoms with Crippen LogP contribution in [0.15, 0.2) is 54.7 Å². The predicted molar refractivity (Wildman–Crippen MR) is 128 cm³/mol. The van der Waals surface area contributed by atoms with E-state index in [9.17, 15) is 4.39 Å². The van der Waals surface area contributed by atoms with Gasteiger partial charge in [0.15, 0.2) is 0 Å². The molecule has 3 aromatic rings. The number of anilines is 1. The van der Waals surface area contributed by atoms with Crippen molar-refractivity contribution in [2.24, 2.45) is 0 Å². The largest absolute Gasteiger partial charge is 0.354 e. The number of hydrogen-bond acceptors (Lipinski definition) is 5. The molecule has 0 saturated carbocycles. The number of aromatic nitrogens is 2. The van der Waals surface area contributed by atoms with Crippen molar-refractivity contribution < 1.29 is 4.39 Å². The first kappa shape index (κ1) is 21.8. The van der Waals surface area contributed by atoms with Crippen molar-refractivity contribution >= 4 is 20.5 Å². The molecule has 1 aliphatic heterocycles. The van der Waals surface area contributed by atoms with Crippen LogP contribution in [-0.2, 0) is 13.0 Å². The van der Waals surface area contributed by atoms with Crippen molar-refractivity contribution in [1.82, 2.24) is 20.2 Å². The second-order valence-electron chi connectivity index (χ2n) is 8.13. The Morgan fingerprint density at radius 2 is 2.10 bits per heavy atom. The number of halogens is 1. The lowest BCUT2D eigenvalue weighted by molar-refractivity contribution is 0.199. The van der Waals surface area contributed by atoms with Crippen LogP contribution in [0.5, 0.6) is 0 Å². The molecule has 1 aliphatic rings. The minimum absolute atomic E-state index is 0.212. The van der Waals surface area contributed by atoms with Gasteiger partial charge in [0.2, 0.25) is 5.95 Å². The van der Waals surface area contributed by atoms with E-state index in [0.29, 0.717) is 25.0 Å². The third-order valence-corrected chi connectivity index (χ3v) is 5.75. The molecule has 2 aromatic carbocycles. The molecule has 1 aromatic heterocycles. The third-order valence-electron chi connectivity index (χ3n) is 5.41. The molecular weight excluding hydrogens is 408 g/mol. The highest BCUT2D eigenvalue weighted by Crippen LogP contribution is 2.20. The summed E-state index contributed by atoms with van der Waals surface area (Å²) < 4.78 is 13.6. The Balaban J connectivity index is 1.39. The number of rotatable bonds is 7. The zero-order valence-electron chi connectivity index (χ0n) is 17.8. The summed E-state index contributed by atoms with van der Waals surface area (Å²) in [6.07, 6.45) is 2.48. The molecule has 31 heavy (non-hydrogen) atoms. The number of benzene rings is 2. The van der Waals surface area contributed by atoms with Gasteiger partial charge in [0.25, 0.3) is 0 Å². The Bertz CT molecular complexity index is 1010. The van der Waals surface area contributed by atoms with E-state index < -0.39 is 0 Å². The lowest BCUT2D eigenvalue weighted by Gasteiger charge is -2.31. The normalized spacial score (nSPS) is 16.9. The summed E-state index contributed by atoms with van der Waals surface area (Å²) in [5.41, 5.74) is 4.22. The molecule has 0 aliphatic carbocycles. The number of piperazine rings is 1. The maximum Gasteiger partial charge on any atom is 0.223 e. The van der Waals surface area contributed by atoms with Crippen LogP contribution < -0.4 is 15.9 Å². The Morgan fingerprint density at radius 1 is 1.19 bits per heavy atom. The van der Waals surface area contributed by atoms with Gasteiger partial charge >= 0.3 is 0 Å². The average Bonchev–Trinajstić information content (AvgIpc) is 2.74. The first-order valence-electron chi connectivity index (χ1n) is 10.7. The lowest BCUT2D eigenvalue weighted by Crippen LogP contribution is -2.48. The molecule has 1 unspecified atom stereocenters. The van der Waals surface area contributed by atoms with E-state index in [1.54, 1.807) is 12.3 Å². The zero-order valence-corrected chi connectivity index (χ0v) is 19.0. The molecule has 0 spiro atoms. The lowest BCUT2D eigenvalue weighted by atomic mass is 10.1. The maximum atomic E-state index is 13.6. The van der Waals surface area contributed by atoms with Crippen molar-refractivity contribution in [3.8, 4) is 11.3 Å². The van der Waals surface area contributed by atoms with Gasteiger partial charge in [-0.1, -0.05) is 24.3 Å². The second kappa shape index (κ2) is 10.3. The Hall–Kier alpha value is -2.40. The van der Waals surface area contributed by atoms with Gasteiger partial charge in [-0.05, 0) is 54.0 Å². The molecule has 1 fully saturated rings. The molecule has 2 N–H and O–H groups in total. The van der Waals surface area contributed by atoms with Gasteiger partial charge in [-0.3, -0.25) is 4.90 Å². The van der Waals surface area contributed by atoms with Crippen LogP contribution in [0.2, 0.25) is 0 Å². The summed E-state index contributed by atoms with van der Waals surface area (Å²) in [4.78, 5) is 11.5. The Morgan fingerprint density at radius 3 is 2.94 bits per heavy atom. The molecule has 2 heterocycles. The second-order valence-corrected chi connectivity index (χ2v) is 8.79. The average molecular weight is 438 g/mol. The van der Waals surface area contributed by atoms with E-state index >= 15 is 0 Å². The van der Waals surface area contributed by atoms with Crippen LogP contribution in [0.1, 0.15) is 18.1 Å². The van der Waals surface area contributed by atoms with E-state index in [2.05, 4.69) is 65.9 Å². The van der Waals surface area contributed by atoms with E-state index in [0.717, 1.165) is 48.3 Å². The fourth-order valence-corrected chi connectivity index (χ4v) is 4.36. The van der Waals surface area contributed by atoms with Gasteiger partial charge in [0.1, 0.15) is 5.82 Å². The van der Waals surface area contributed by atoms with Crippen LogP contribution in [-0.4, -0.2) is 47.1 Å². The fraction of sp³-hybridized carbons (Fsp3) is 0.333. The van der Waals surface area contributed by atoms with Gasteiger partial charge < -0.3 is 10.6 Å². The summed E-state index contributed by atoms with van der Waals surface area (Å²) in [6.45, 7) is 6.98. The summed E-state index contributed by atoms with van der Waals surface area (Å²) in [7, 11) is 2.54. The molecule has 0 radical (unpaired) electrons. The smallest absolute Gasteiger partial charge is 0.223 e. The van der Waals surface area contributed by atoms with Crippen LogP contribution in [0.4, 0.5) is 10.3 Å². The molecule has 4 rings (SSSR count). The standard InChI is InChI=1S/C24H29FN5P/c1-17-15-30(10-9-26-17)16-19-3-2-4-20(11-19)23-6-8-28-24(29-23)27-7-5-18-12-21(25)14-22(31)13-18/h2-4,6,8,11-14,17,26H,5,7,9-10,15-16,31H2,1H3,(H,27,28,29)/t17-/m1/s1. The van der Waals surface area contributed by atoms with Crippen LogP contribution in [0, 0.1) is 5.82 Å². The summed E-state index contributed by atoms with van der Waals surface area (Å²) >= 11 is 0. The summed E-state index contributed by atoms with van der Waals surface area (Å²) in [5.74, 6) is 0.372. The zero-order chi connectivity index (χ0) is 21.6. The van der Waals surface area contributed by atoms with Crippen LogP contribution >= 0.6 is 9.24 Å². The van der Waals surface area contributed by atoms with E-state index in [4.69, 9.17) is 0 Å². The van der Waals surface area contributed by atoms with Crippen molar-refractivity contribution in [2.75, 3.05) is 31.5 Å². The molecular formula is C24H29FN5P. The first-order chi connectivity index (χ1) is 15.0. The van der Waals surface area contributed by atoms with Gasteiger partial charge in [-0.2, -0.15) is 0 Å². The maximum absolute atomic E-state index is 13.6. The van der Waals surface area contributed by atoms with Crippen molar-refractivity contribution in [2.45, 2.75) is 25.9 Å². The predicted octanol–water partition coefficient (Wildman–Crippen LogP) is 3.23. The molecule has 162 valence electrons. The monoisotopic (exact) mass is 437 g/mol. The van der Waals surface area contributed by atoms with Gasteiger partial charge in [-0.25, -0.2) is 14.4 Å². The minimum atomic E-state index is -0.212.